The zero-order valence-corrected chi connectivity index (χ0v) is 20.8. The summed E-state index contributed by atoms with van der Waals surface area (Å²) < 4.78 is 8.20. The maximum Gasteiger partial charge on any atom is 0.134 e. The van der Waals surface area contributed by atoms with Crippen LogP contribution in [0.4, 0.5) is 0 Å². The molecule has 0 bridgehead atoms. The van der Waals surface area contributed by atoms with Crippen molar-refractivity contribution in [2.45, 2.75) is 84.7 Å². The van der Waals surface area contributed by atoms with Crippen LogP contribution in [0.3, 0.4) is 0 Å². The van der Waals surface area contributed by atoms with Gasteiger partial charge in [-0.3, -0.25) is 0 Å². The van der Waals surface area contributed by atoms with E-state index in [1.165, 1.54) is 31.2 Å². The lowest BCUT2D eigenvalue weighted by atomic mass is 9.50. The second-order valence-corrected chi connectivity index (χ2v) is 11.3. The molecule has 2 aliphatic carbocycles. The first-order chi connectivity index (χ1) is 15.8. The highest BCUT2D eigenvalue weighted by Gasteiger charge is 2.50. The molecule has 33 heavy (non-hydrogen) atoms. The maximum absolute atomic E-state index is 6.39. The molecule has 2 aromatic carbocycles. The maximum atomic E-state index is 6.39. The van der Waals surface area contributed by atoms with Gasteiger partial charge in [-0.15, -0.1) is 5.10 Å². The van der Waals surface area contributed by atoms with Crippen molar-refractivity contribution in [2.24, 2.45) is 11.3 Å². The Labute approximate surface area is 198 Å². The van der Waals surface area contributed by atoms with E-state index in [1.807, 2.05) is 36.5 Å². The van der Waals surface area contributed by atoms with Crippen LogP contribution in [0.1, 0.15) is 88.6 Å². The molecule has 1 aromatic heterocycles. The summed E-state index contributed by atoms with van der Waals surface area (Å²) in [4.78, 5) is 0. The molecule has 0 aliphatic heterocycles. The molecule has 0 radical (unpaired) electrons. The third kappa shape index (κ3) is 3.88. The van der Waals surface area contributed by atoms with Crippen molar-refractivity contribution in [1.82, 2.24) is 15.0 Å². The van der Waals surface area contributed by atoms with Crippen LogP contribution in [-0.4, -0.2) is 15.0 Å². The number of fused-ring (bicyclic) bond motifs is 3. The molecule has 1 heterocycles. The quantitative estimate of drug-likeness (QED) is 0.426. The number of hydrogen-bond acceptors (Lipinski definition) is 3. The molecule has 174 valence electrons. The van der Waals surface area contributed by atoms with Crippen LogP contribution in [0.25, 0.3) is 5.69 Å². The van der Waals surface area contributed by atoms with Crippen LogP contribution in [0.5, 0.6) is 5.75 Å². The molecule has 1 fully saturated rings. The molecule has 4 heteroatoms. The van der Waals surface area contributed by atoms with Crippen molar-refractivity contribution in [3.63, 3.8) is 0 Å². The van der Waals surface area contributed by atoms with Crippen molar-refractivity contribution in [3.8, 4) is 11.4 Å². The van der Waals surface area contributed by atoms with E-state index in [0.717, 1.165) is 29.5 Å². The minimum Gasteiger partial charge on any atom is -0.487 e. The van der Waals surface area contributed by atoms with E-state index in [-0.39, 0.29) is 5.41 Å². The van der Waals surface area contributed by atoms with Crippen molar-refractivity contribution in [1.29, 1.82) is 0 Å². The van der Waals surface area contributed by atoms with Gasteiger partial charge < -0.3 is 4.74 Å². The first-order valence-corrected chi connectivity index (χ1v) is 12.6. The Hall–Kier alpha value is -2.62. The van der Waals surface area contributed by atoms with E-state index in [0.29, 0.717) is 17.9 Å². The molecule has 3 aromatic rings. The molecular weight excluding hydrogens is 406 g/mol. The third-order valence-electron chi connectivity index (χ3n) is 8.36. The van der Waals surface area contributed by atoms with Crippen LogP contribution in [0.15, 0.2) is 48.7 Å². The Balaban J connectivity index is 1.43. The Morgan fingerprint density at radius 1 is 1.06 bits per heavy atom. The summed E-state index contributed by atoms with van der Waals surface area (Å²) in [5.74, 6) is 2.19. The zero-order chi connectivity index (χ0) is 23.2. The molecule has 4 nitrogen and oxygen atoms in total. The second kappa shape index (κ2) is 8.30. The summed E-state index contributed by atoms with van der Waals surface area (Å²) in [7, 11) is 0. The molecule has 2 atom stereocenters. The Kier molecular flexibility index (Phi) is 5.58. The van der Waals surface area contributed by atoms with Crippen LogP contribution in [-0.2, 0) is 18.4 Å². The number of benzene rings is 2. The standard InChI is InChI=1S/C29H37N3O/c1-20(2)27-23-12-15-26-28(3,4)16-9-17-29(26,5)24(23)13-14-25(27)33-19-21-18-32(31-30-21)22-10-7-6-8-11-22/h6-8,10-11,13-14,18,20,26H,9,12,15-17,19H2,1-5H3/t26-,29+/m0/s1. The van der Waals surface area contributed by atoms with Gasteiger partial charge in [0.1, 0.15) is 18.1 Å². The fraction of sp³-hybridized carbons (Fsp3) is 0.517. The Morgan fingerprint density at radius 2 is 1.85 bits per heavy atom. The van der Waals surface area contributed by atoms with Crippen molar-refractivity contribution in [2.75, 3.05) is 0 Å². The van der Waals surface area contributed by atoms with Crippen LogP contribution < -0.4 is 4.74 Å². The largest absolute Gasteiger partial charge is 0.487 e. The second-order valence-electron chi connectivity index (χ2n) is 11.3. The fourth-order valence-electron chi connectivity index (χ4n) is 6.87. The molecule has 0 spiro atoms. The van der Waals surface area contributed by atoms with Gasteiger partial charge in [0, 0.05) is 5.56 Å². The lowest BCUT2D eigenvalue weighted by Crippen LogP contribution is -2.48. The first-order valence-electron chi connectivity index (χ1n) is 12.6. The monoisotopic (exact) mass is 443 g/mol. The van der Waals surface area contributed by atoms with Crippen molar-refractivity contribution in [3.05, 3.63) is 71.0 Å². The normalized spacial score (nSPS) is 23.8. The summed E-state index contributed by atoms with van der Waals surface area (Å²) in [5.41, 5.74) is 7.06. The highest BCUT2D eigenvalue weighted by atomic mass is 16.5. The van der Waals surface area contributed by atoms with Crippen LogP contribution in [0, 0.1) is 11.3 Å². The van der Waals surface area contributed by atoms with E-state index in [2.05, 4.69) is 57.1 Å². The highest BCUT2D eigenvalue weighted by molar-refractivity contribution is 5.51. The van der Waals surface area contributed by atoms with Crippen molar-refractivity contribution < 1.29 is 4.74 Å². The SMILES string of the molecule is CC(C)c1c(OCc2cn(-c3ccccc3)nn2)ccc2c1CC[C@H]1C(C)(C)CCC[C@]21C. The predicted molar refractivity (Wildman–Crippen MR) is 133 cm³/mol. The first kappa shape index (κ1) is 22.2. The van der Waals surface area contributed by atoms with Crippen LogP contribution in [0.2, 0.25) is 0 Å². The van der Waals surface area contributed by atoms with Crippen LogP contribution >= 0.6 is 0 Å². The van der Waals surface area contributed by atoms with Gasteiger partial charge in [0.25, 0.3) is 0 Å². The average molecular weight is 444 g/mol. The summed E-state index contributed by atoms with van der Waals surface area (Å²) in [6.45, 7) is 12.5. The van der Waals surface area contributed by atoms with E-state index in [1.54, 1.807) is 15.8 Å². The lowest BCUT2D eigenvalue weighted by Gasteiger charge is -2.54. The zero-order valence-electron chi connectivity index (χ0n) is 20.8. The summed E-state index contributed by atoms with van der Waals surface area (Å²) >= 11 is 0. The number of nitrogens with zero attached hydrogens (tertiary/aromatic N) is 3. The van der Waals surface area contributed by atoms with Gasteiger partial charge in [0.15, 0.2) is 0 Å². The van der Waals surface area contributed by atoms with Crippen molar-refractivity contribution >= 4 is 0 Å². The van der Waals surface area contributed by atoms with E-state index in [4.69, 9.17) is 4.74 Å². The van der Waals surface area contributed by atoms with E-state index in [9.17, 15) is 0 Å². The topological polar surface area (TPSA) is 39.9 Å². The Morgan fingerprint density at radius 3 is 2.61 bits per heavy atom. The van der Waals surface area contributed by atoms with Gasteiger partial charge >= 0.3 is 0 Å². The molecule has 5 rings (SSSR count). The summed E-state index contributed by atoms with van der Waals surface area (Å²) in [5, 5.41) is 8.62. The molecule has 0 N–H and O–H groups in total. The van der Waals surface area contributed by atoms with Gasteiger partial charge in [-0.2, -0.15) is 0 Å². The van der Waals surface area contributed by atoms with Gasteiger partial charge in [-0.05, 0) is 77.7 Å². The third-order valence-corrected chi connectivity index (χ3v) is 8.36. The molecule has 2 aliphatic rings. The smallest absolute Gasteiger partial charge is 0.134 e. The number of rotatable bonds is 5. The van der Waals surface area contributed by atoms with Gasteiger partial charge in [0.05, 0.1) is 11.9 Å². The number of hydrogen-bond donors (Lipinski definition) is 0. The minimum absolute atomic E-state index is 0.274. The number of para-hydroxylation sites is 1. The van der Waals surface area contributed by atoms with Gasteiger partial charge in [-0.25, -0.2) is 4.68 Å². The molecule has 0 amide bonds. The van der Waals surface area contributed by atoms with Gasteiger partial charge in [0.2, 0.25) is 0 Å². The molecule has 0 unspecified atom stereocenters. The fourth-order valence-corrected chi connectivity index (χ4v) is 6.87. The average Bonchev–Trinajstić information content (AvgIpc) is 3.26. The number of aromatic nitrogens is 3. The summed E-state index contributed by atoms with van der Waals surface area (Å²) in [6, 6.07) is 14.7. The molecule has 0 saturated heterocycles. The number of ether oxygens (including phenoxy) is 1. The van der Waals surface area contributed by atoms with Gasteiger partial charge in [-0.1, -0.05) is 70.5 Å². The van der Waals surface area contributed by atoms with E-state index < -0.39 is 0 Å². The minimum atomic E-state index is 0.274. The molecular formula is C29H37N3O. The highest BCUT2D eigenvalue weighted by Crippen LogP contribution is 2.58. The lowest BCUT2D eigenvalue weighted by molar-refractivity contribution is 0.0404. The summed E-state index contributed by atoms with van der Waals surface area (Å²) in [6.07, 6.45) is 8.38. The Bertz CT molecular complexity index is 1130. The van der Waals surface area contributed by atoms with E-state index >= 15 is 0 Å². The predicted octanol–water partition coefficient (Wildman–Crippen LogP) is 7.00. The molecule has 1 saturated carbocycles.